The first-order chi connectivity index (χ1) is 23.6. The molecule has 0 atom stereocenters. The number of aryl methyl sites for hydroxylation is 2. The van der Waals surface area contributed by atoms with Gasteiger partial charge in [0.15, 0.2) is 0 Å². The summed E-state index contributed by atoms with van der Waals surface area (Å²) in [6.45, 7) is 11.8. The van der Waals surface area contributed by atoms with Crippen LogP contribution in [0.2, 0.25) is 0 Å². The van der Waals surface area contributed by atoms with Crippen LogP contribution in [0.5, 0.6) is 11.5 Å². The number of hydrogen-bond acceptors (Lipinski definition) is 4. The Labute approximate surface area is 308 Å². The van der Waals surface area contributed by atoms with E-state index in [-0.39, 0.29) is 41.5 Å². The van der Waals surface area contributed by atoms with Crippen molar-refractivity contribution in [2.45, 2.75) is 41.5 Å². The first kappa shape index (κ1) is 37.2. The second-order valence-corrected chi connectivity index (χ2v) is 19.0. The number of carbonyl (C=O) groups is 2. The normalized spacial score (nSPS) is 11.7. The third kappa shape index (κ3) is 7.80. The Morgan fingerprint density at radius 1 is 0.540 bits per heavy atom. The van der Waals surface area contributed by atoms with Crippen LogP contribution in [0.25, 0.3) is 21.8 Å². The van der Waals surface area contributed by atoms with Gasteiger partial charge in [-0.25, -0.2) is 0 Å². The van der Waals surface area contributed by atoms with Crippen LogP contribution in [0.1, 0.15) is 62.3 Å². The van der Waals surface area contributed by atoms with E-state index in [1.165, 1.54) is 17.8 Å². The standard InChI is InChI=1S/2C21H23NO2Se/c2*1-21(2,3)20(23)15-13-22(4)19-16(24-5)11-12-17(18(15)19)25-14-9-7-6-8-10-14/h2*6-13H,1-5H3. The van der Waals surface area contributed by atoms with Crippen molar-refractivity contribution in [1.29, 1.82) is 0 Å². The second-order valence-electron chi connectivity index (χ2n) is 14.3. The summed E-state index contributed by atoms with van der Waals surface area (Å²) in [5.41, 5.74) is 2.71. The van der Waals surface area contributed by atoms with Crippen LogP contribution >= 0.6 is 0 Å². The summed E-state index contributed by atoms with van der Waals surface area (Å²) in [5, 5.41) is 2.07. The van der Waals surface area contributed by atoms with E-state index in [9.17, 15) is 9.59 Å². The van der Waals surface area contributed by atoms with Crippen LogP contribution in [-0.2, 0) is 14.1 Å². The van der Waals surface area contributed by atoms with Crippen molar-refractivity contribution in [1.82, 2.24) is 9.13 Å². The van der Waals surface area contributed by atoms with Gasteiger partial charge in [-0.2, -0.15) is 0 Å². The SMILES string of the molecule is COc1ccc([Se]c2ccccc2)c2c(C(=O)C(C)(C)C)cn(C)c12.COc1ccc([Se]c2ccccc2)c2c(C(=O)C(C)(C)C)cn(C)c12. The number of ether oxygens (including phenoxy) is 2. The first-order valence-corrected chi connectivity index (χ1v) is 20.0. The number of hydrogen-bond donors (Lipinski definition) is 0. The average Bonchev–Trinajstić information content (AvgIpc) is 3.62. The van der Waals surface area contributed by atoms with E-state index in [0.29, 0.717) is 0 Å². The second kappa shape index (κ2) is 15.0. The summed E-state index contributed by atoms with van der Waals surface area (Å²) in [5.74, 6) is 1.93. The zero-order valence-corrected chi connectivity index (χ0v) is 34.0. The van der Waals surface area contributed by atoms with Gasteiger partial charge in [-0.05, 0) is 0 Å². The molecule has 0 aliphatic rings. The fourth-order valence-corrected chi connectivity index (χ4v) is 10.0. The first-order valence-electron chi connectivity index (χ1n) is 16.5. The summed E-state index contributed by atoms with van der Waals surface area (Å²) in [4.78, 5) is 26.1. The summed E-state index contributed by atoms with van der Waals surface area (Å²) < 4.78 is 20.2. The van der Waals surface area contributed by atoms with E-state index in [1.54, 1.807) is 14.2 Å². The van der Waals surface area contributed by atoms with Gasteiger partial charge in [-0.3, -0.25) is 0 Å². The molecule has 8 heteroatoms. The van der Waals surface area contributed by atoms with Crippen LogP contribution in [0.15, 0.2) is 97.3 Å². The minimum absolute atomic E-state index is 0.125. The Balaban J connectivity index is 0.000000194. The van der Waals surface area contributed by atoms with Gasteiger partial charge in [-0.15, -0.1) is 0 Å². The van der Waals surface area contributed by atoms with Crippen molar-refractivity contribution in [3.63, 3.8) is 0 Å². The van der Waals surface area contributed by atoms with Gasteiger partial charge in [0.25, 0.3) is 0 Å². The number of methoxy groups -OCH3 is 2. The van der Waals surface area contributed by atoms with Crippen LogP contribution in [0.3, 0.4) is 0 Å². The molecule has 0 amide bonds. The van der Waals surface area contributed by atoms with Crippen molar-refractivity contribution >= 4 is 81.1 Å². The number of rotatable bonds is 8. The Morgan fingerprint density at radius 2 is 0.880 bits per heavy atom. The molecule has 0 bridgehead atoms. The molecule has 0 saturated heterocycles. The number of nitrogens with zero attached hydrogens (tertiary/aromatic N) is 2. The number of carbonyl (C=O) groups excluding carboxylic acids is 2. The van der Waals surface area contributed by atoms with Crippen molar-refractivity contribution < 1.29 is 19.1 Å². The Bertz CT molecular complexity index is 2000. The van der Waals surface area contributed by atoms with E-state index >= 15 is 0 Å². The van der Waals surface area contributed by atoms with Crippen molar-refractivity contribution in [3.8, 4) is 11.5 Å². The van der Waals surface area contributed by atoms with Gasteiger partial charge >= 0.3 is 310 Å². The third-order valence-electron chi connectivity index (χ3n) is 8.33. The molecule has 50 heavy (non-hydrogen) atoms. The fraction of sp³-hybridized carbons (Fsp3) is 0.286. The zero-order valence-electron chi connectivity index (χ0n) is 30.6. The molecule has 0 N–H and O–H groups in total. The molecule has 6 aromatic rings. The molecule has 0 fully saturated rings. The molecule has 0 radical (unpaired) electrons. The van der Waals surface area contributed by atoms with Gasteiger partial charge in [-0.1, -0.05) is 0 Å². The van der Waals surface area contributed by atoms with Crippen LogP contribution in [0.4, 0.5) is 0 Å². The predicted octanol–water partition coefficient (Wildman–Crippen LogP) is 6.14. The van der Waals surface area contributed by atoms with Gasteiger partial charge in [0, 0.05) is 0 Å². The van der Waals surface area contributed by atoms with Crippen molar-refractivity contribution in [3.05, 3.63) is 108 Å². The zero-order chi connectivity index (χ0) is 36.4. The maximum absolute atomic E-state index is 13.1. The molecule has 4 aromatic carbocycles. The topological polar surface area (TPSA) is 62.5 Å². The van der Waals surface area contributed by atoms with Gasteiger partial charge in [0.05, 0.1) is 0 Å². The summed E-state index contributed by atoms with van der Waals surface area (Å²) in [6, 6.07) is 29.1. The monoisotopic (exact) mass is 802 g/mol. The molecule has 6 nitrogen and oxygen atoms in total. The molecule has 0 aliphatic carbocycles. The Kier molecular flexibility index (Phi) is 11.2. The number of ketones is 2. The molecule has 0 aliphatic heterocycles. The van der Waals surface area contributed by atoms with E-state index in [1.807, 2.05) is 101 Å². The van der Waals surface area contributed by atoms with E-state index < -0.39 is 10.8 Å². The summed E-state index contributed by atoms with van der Waals surface area (Å²) in [6.07, 6.45) is 3.90. The van der Waals surface area contributed by atoms with E-state index in [4.69, 9.17) is 9.47 Å². The van der Waals surface area contributed by atoms with E-state index in [0.717, 1.165) is 44.4 Å². The molecule has 0 unspecified atom stereocenters. The number of benzene rings is 4. The van der Waals surface area contributed by atoms with Gasteiger partial charge < -0.3 is 0 Å². The van der Waals surface area contributed by atoms with Crippen molar-refractivity contribution in [2.24, 2.45) is 24.9 Å². The summed E-state index contributed by atoms with van der Waals surface area (Å²) >= 11 is 0.250. The maximum atomic E-state index is 13.1. The number of aromatic nitrogens is 2. The van der Waals surface area contributed by atoms with Gasteiger partial charge in [0.2, 0.25) is 0 Å². The Hall–Kier alpha value is -4.06. The molecule has 2 aromatic heterocycles. The fourth-order valence-electron chi connectivity index (χ4n) is 5.86. The number of fused-ring (bicyclic) bond motifs is 2. The molecule has 0 spiro atoms. The van der Waals surface area contributed by atoms with E-state index in [2.05, 4.69) is 60.7 Å². The third-order valence-corrected chi connectivity index (χ3v) is 12.8. The minimum atomic E-state index is -0.422. The molecule has 260 valence electrons. The van der Waals surface area contributed by atoms with Crippen molar-refractivity contribution in [2.75, 3.05) is 14.2 Å². The number of Topliss-reactive ketones (excluding diaryl/α,β-unsaturated/α-hetero) is 2. The average molecular weight is 801 g/mol. The molecule has 6 rings (SSSR count). The molecular formula is C42H46N2O4Se2. The Morgan fingerprint density at radius 3 is 1.18 bits per heavy atom. The van der Waals surface area contributed by atoms with Crippen LogP contribution in [0, 0.1) is 10.8 Å². The molecule has 0 saturated carbocycles. The van der Waals surface area contributed by atoms with Crippen LogP contribution in [-0.4, -0.2) is 64.8 Å². The van der Waals surface area contributed by atoms with Gasteiger partial charge in [0.1, 0.15) is 0 Å². The predicted molar refractivity (Wildman–Crippen MR) is 209 cm³/mol. The summed E-state index contributed by atoms with van der Waals surface area (Å²) in [7, 11) is 7.30. The quantitative estimate of drug-likeness (QED) is 0.137. The van der Waals surface area contributed by atoms with Crippen LogP contribution < -0.4 is 27.3 Å². The molecular weight excluding hydrogens is 754 g/mol. The molecule has 2 heterocycles.